The molecule has 0 radical (unpaired) electrons. The number of ether oxygens (including phenoxy) is 1. The van der Waals surface area contributed by atoms with Gasteiger partial charge >= 0.3 is 5.97 Å². The predicted molar refractivity (Wildman–Crippen MR) is 74.9 cm³/mol. The molecule has 1 aliphatic heterocycles. The minimum atomic E-state index is -0.337. The number of nitrogens with zero attached hydrogens (tertiary/aromatic N) is 2. The molecule has 0 fully saturated rings. The van der Waals surface area contributed by atoms with Gasteiger partial charge in [0.2, 0.25) is 0 Å². The molecule has 2 heterocycles. The van der Waals surface area contributed by atoms with Crippen LogP contribution in [-0.2, 0) is 17.7 Å². The maximum absolute atomic E-state index is 12.0. The third-order valence-electron chi connectivity index (χ3n) is 3.50. The van der Waals surface area contributed by atoms with Gasteiger partial charge in [0.05, 0.1) is 24.8 Å². The quantitative estimate of drug-likeness (QED) is 0.863. The second-order valence-corrected chi connectivity index (χ2v) is 4.71. The van der Waals surface area contributed by atoms with Crippen LogP contribution in [0, 0.1) is 0 Å². The van der Waals surface area contributed by atoms with E-state index in [2.05, 4.69) is 16.4 Å². The van der Waals surface area contributed by atoms with Crippen molar-refractivity contribution in [3.63, 3.8) is 0 Å². The van der Waals surface area contributed by atoms with Gasteiger partial charge in [-0.05, 0) is 37.1 Å². The summed E-state index contributed by atoms with van der Waals surface area (Å²) >= 11 is 0. The van der Waals surface area contributed by atoms with E-state index < -0.39 is 0 Å². The number of hydrogen-bond donors (Lipinski definition) is 1. The van der Waals surface area contributed by atoms with Gasteiger partial charge in [-0.25, -0.2) is 9.78 Å². The zero-order chi connectivity index (χ0) is 13.9. The number of benzene rings is 1. The molecule has 0 saturated carbocycles. The van der Waals surface area contributed by atoms with Crippen molar-refractivity contribution in [2.24, 2.45) is 0 Å². The van der Waals surface area contributed by atoms with E-state index in [4.69, 9.17) is 4.74 Å². The third kappa shape index (κ3) is 2.20. The molecule has 0 spiro atoms. The van der Waals surface area contributed by atoms with Gasteiger partial charge in [-0.3, -0.25) is 4.57 Å². The van der Waals surface area contributed by atoms with Crippen LogP contribution in [0.1, 0.15) is 28.5 Å². The van der Waals surface area contributed by atoms with Gasteiger partial charge in [-0.1, -0.05) is 12.1 Å². The Morgan fingerprint density at radius 2 is 2.40 bits per heavy atom. The Kier molecular flexibility index (Phi) is 3.52. The van der Waals surface area contributed by atoms with E-state index in [1.165, 1.54) is 11.1 Å². The molecule has 0 bridgehead atoms. The summed E-state index contributed by atoms with van der Waals surface area (Å²) in [5, 5.41) is 3.35. The van der Waals surface area contributed by atoms with E-state index in [1.807, 2.05) is 16.7 Å². The first-order chi connectivity index (χ1) is 9.81. The van der Waals surface area contributed by atoms with Crippen LogP contribution in [0.5, 0.6) is 0 Å². The van der Waals surface area contributed by atoms with E-state index in [1.54, 1.807) is 19.4 Å². The van der Waals surface area contributed by atoms with Crippen molar-refractivity contribution in [2.45, 2.75) is 19.9 Å². The Morgan fingerprint density at radius 3 is 3.25 bits per heavy atom. The van der Waals surface area contributed by atoms with Crippen molar-refractivity contribution >= 4 is 5.97 Å². The fraction of sp³-hybridized carbons (Fsp3) is 0.333. The topological polar surface area (TPSA) is 56.1 Å². The fourth-order valence-electron chi connectivity index (χ4n) is 2.58. The molecule has 0 atom stereocenters. The monoisotopic (exact) mass is 271 g/mol. The van der Waals surface area contributed by atoms with Crippen LogP contribution >= 0.6 is 0 Å². The molecule has 1 aromatic carbocycles. The Hall–Kier alpha value is -2.14. The van der Waals surface area contributed by atoms with Gasteiger partial charge in [0.15, 0.2) is 5.69 Å². The molecule has 0 unspecified atom stereocenters. The number of imidazole rings is 1. The van der Waals surface area contributed by atoms with Crippen LogP contribution in [0.15, 0.2) is 30.7 Å². The summed E-state index contributed by atoms with van der Waals surface area (Å²) in [6.07, 6.45) is 4.17. The highest BCUT2D eigenvalue weighted by Gasteiger charge is 2.18. The number of rotatable bonds is 3. The molecule has 5 nitrogen and oxygen atoms in total. The van der Waals surface area contributed by atoms with E-state index >= 15 is 0 Å². The molecule has 5 heteroatoms. The summed E-state index contributed by atoms with van der Waals surface area (Å²) in [7, 11) is 0. The van der Waals surface area contributed by atoms with Crippen molar-refractivity contribution in [3.8, 4) is 5.69 Å². The molecular weight excluding hydrogens is 254 g/mol. The van der Waals surface area contributed by atoms with Crippen molar-refractivity contribution in [1.82, 2.24) is 14.9 Å². The number of esters is 1. The molecule has 1 aliphatic rings. The molecule has 2 aromatic rings. The first kappa shape index (κ1) is 12.9. The molecular formula is C15H17N3O2. The van der Waals surface area contributed by atoms with Crippen molar-refractivity contribution in [3.05, 3.63) is 47.5 Å². The van der Waals surface area contributed by atoms with Crippen molar-refractivity contribution < 1.29 is 9.53 Å². The summed E-state index contributed by atoms with van der Waals surface area (Å²) in [5.74, 6) is -0.337. The van der Waals surface area contributed by atoms with Crippen LogP contribution in [0.3, 0.4) is 0 Å². The van der Waals surface area contributed by atoms with E-state index in [0.717, 1.165) is 25.2 Å². The number of nitrogens with one attached hydrogen (secondary N) is 1. The van der Waals surface area contributed by atoms with Crippen LogP contribution in [0.2, 0.25) is 0 Å². The summed E-state index contributed by atoms with van der Waals surface area (Å²) in [6, 6.07) is 6.15. The lowest BCUT2D eigenvalue weighted by Gasteiger charge is -2.21. The first-order valence-electron chi connectivity index (χ1n) is 6.82. The molecule has 1 aromatic heterocycles. The highest BCUT2D eigenvalue weighted by Crippen LogP contribution is 2.23. The standard InChI is InChI=1S/C15H17N3O2/c1-2-20-15(19)14-9-17-10-18(14)13-5-3-4-11-8-16-7-6-12(11)13/h3-5,9-10,16H,2,6-8H2,1H3. The highest BCUT2D eigenvalue weighted by atomic mass is 16.5. The number of hydrogen-bond acceptors (Lipinski definition) is 4. The lowest BCUT2D eigenvalue weighted by molar-refractivity contribution is 0.0517. The summed E-state index contributed by atoms with van der Waals surface area (Å²) in [4.78, 5) is 16.1. The molecule has 0 amide bonds. The predicted octanol–water partition coefficient (Wildman–Crippen LogP) is 1.69. The average molecular weight is 271 g/mol. The zero-order valence-corrected chi connectivity index (χ0v) is 11.4. The Bertz CT molecular complexity index is 634. The maximum Gasteiger partial charge on any atom is 0.356 e. The number of fused-ring (bicyclic) bond motifs is 1. The highest BCUT2D eigenvalue weighted by molar-refractivity contribution is 5.88. The van der Waals surface area contributed by atoms with Crippen LogP contribution < -0.4 is 5.32 Å². The van der Waals surface area contributed by atoms with E-state index in [0.29, 0.717) is 12.3 Å². The first-order valence-corrected chi connectivity index (χ1v) is 6.82. The fourth-order valence-corrected chi connectivity index (χ4v) is 2.58. The second kappa shape index (κ2) is 5.46. The summed E-state index contributed by atoms with van der Waals surface area (Å²) < 4.78 is 6.90. The van der Waals surface area contributed by atoms with E-state index in [-0.39, 0.29) is 5.97 Å². The van der Waals surface area contributed by atoms with Gasteiger partial charge in [-0.15, -0.1) is 0 Å². The summed E-state index contributed by atoms with van der Waals surface area (Å²) in [6.45, 7) is 3.98. The van der Waals surface area contributed by atoms with Crippen molar-refractivity contribution in [2.75, 3.05) is 13.2 Å². The number of carbonyl (C=O) groups excluding carboxylic acids is 1. The molecule has 1 N–H and O–H groups in total. The second-order valence-electron chi connectivity index (χ2n) is 4.71. The third-order valence-corrected chi connectivity index (χ3v) is 3.50. The number of carbonyl (C=O) groups is 1. The van der Waals surface area contributed by atoms with Gasteiger partial charge < -0.3 is 10.1 Å². The lowest BCUT2D eigenvalue weighted by Crippen LogP contribution is -2.25. The lowest BCUT2D eigenvalue weighted by atomic mass is 9.99. The maximum atomic E-state index is 12.0. The minimum absolute atomic E-state index is 0.337. The molecule has 20 heavy (non-hydrogen) atoms. The SMILES string of the molecule is CCOC(=O)c1cncn1-c1cccc2c1CCNC2. The zero-order valence-electron chi connectivity index (χ0n) is 11.4. The largest absolute Gasteiger partial charge is 0.461 e. The van der Waals surface area contributed by atoms with Crippen LogP contribution in [0.25, 0.3) is 5.69 Å². The smallest absolute Gasteiger partial charge is 0.356 e. The Morgan fingerprint density at radius 1 is 1.50 bits per heavy atom. The summed E-state index contributed by atoms with van der Waals surface area (Å²) in [5.41, 5.74) is 4.04. The minimum Gasteiger partial charge on any atom is -0.461 e. The van der Waals surface area contributed by atoms with Gasteiger partial charge in [0.1, 0.15) is 0 Å². The molecule has 0 aliphatic carbocycles. The van der Waals surface area contributed by atoms with Crippen LogP contribution in [-0.4, -0.2) is 28.7 Å². The normalized spacial score (nSPS) is 13.8. The molecule has 0 saturated heterocycles. The molecule has 3 rings (SSSR count). The van der Waals surface area contributed by atoms with Gasteiger partial charge in [-0.2, -0.15) is 0 Å². The van der Waals surface area contributed by atoms with Gasteiger partial charge in [0.25, 0.3) is 0 Å². The van der Waals surface area contributed by atoms with Crippen molar-refractivity contribution in [1.29, 1.82) is 0 Å². The Balaban J connectivity index is 2.06. The van der Waals surface area contributed by atoms with E-state index in [9.17, 15) is 4.79 Å². The molecule has 104 valence electrons. The van der Waals surface area contributed by atoms with Gasteiger partial charge in [0, 0.05) is 6.54 Å². The number of aromatic nitrogens is 2. The van der Waals surface area contributed by atoms with Crippen LogP contribution in [0.4, 0.5) is 0 Å². The average Bonchev–Trinajstić information content (AvgIpc) is 2.96. The Labute approximate surface area is 117 Å².